The van der Waals surface area contributed by atoms with Gasteiger partial charge >= 0.3 is 0 Å². The minimum Gasteiger partial charge on any atom is -0.326 e. The van der Waals surface area contributed by atoms with Gasteiger partial charge in [0.25, 0.3) is 11.8 Å². The summed E-state index contributed by atoms with van der Waals surface area (Å²) in [6.07, 6.45) is 1.56. The van der Waals surface area contributed by atoms with E-state index in [1.54, 1.807) is 18.2 Å². The molecule has 1 saturated heterocycles. The van der Waals surface area contributed by atoms with E-state index in [2.05, 4.69) is 16.0 Å². The van der Waals surface area contributed by atoms with E-state index >= 15 is 0 Å². The third-order valence-electron chi connectivity index (χ3n) is 4.40. The van der Waals surface area contributed by atoms with Crippen LogP contribution in [-0.2, 0) is 4.79 Å². The van der Waals surface area contributed by atoms with E-state index in [1.807, 2.05) is 6.92 Å². The molecule has 0 saturated carbocycles. The number of hydrogen-bond acceptors (Lipinski definition) is 4. The zero-order valence-electron chi connectivity index (χ0n) is 11.8. The highest BCUT2D eigenvalue weighted by molar-refractivity contribution is 6.22. The lowest BCUT2D eigenvalue weighted by Crippen LogP contribution is -2.37. The van der Waals surface area contributed by atoms with Crippen molar-refractivity contribution in [3.05, 3.63) is 29.3 Å². The monoisotopic (exact) mass is 287 g/mol. The van der Waals surface area contributed by atoms with Gasteiger partial charge in [0.2, 0.25) is 5.91 Å². The van der Waals surface area contributed by atoms with Gasteiger partial charge in [-0.25, -0.2) is 0 Å². The van der Waals surface area contributed by atoms with Gasteiger partial charge in [0.1, 0.15) is 0 Å². The molecule has 110 valence electrons. The van der Waals surface area contributed by atoms with Crippen LogP contribution < -0.4 is 16.0 Å². The van der Waals surface area contributed by atoms with Gasteiger partial charge in [-0.05, 0) is 37.6 Å². The maximum Gasteiger partial charge on any atom is 0.259 e. The molecule has 1 fully saturated rings. The summed E-state index contributed by atoms with van der Waals surface area (Å²) in [6.45, 7) is 3.50. The lowest BCUT2D eigenvalue weighted by molar-refractivity contribution is -0.124. The second-order valence-electron chi connectivity index (χ2n) is 5.56. The van der Waals surface area contributed by atoms with Crippen LogP contribution in [0.5, 0.6) is 0 Å². The number of benzene rings is 1. The van der Waals surface area contributed by atoms with Crippen LogP contribution in [0, 0.1) is 5.41 Å². The molecule has 21 heavy (non-hydrogen) atoms. The Morgan fingerprint density at radius 2 is 2.05 bits per heavy atom. The molecule has 6 heteroatoms. The highest BCUT2D eigenvalue weighted by atomic mass is 16.2. The van der Waals surface area contributed by atoms with E-state index < -0.39 is 17.2 Å². The summed E-state index contributed by atoms with van der Waals surface area (Å²) in [5, 5.41) is 8.32. The predicted molar refractivity (Wildman–Crippen MR) is 77.1 cm³/mol. The summed E-state index contributed by atoms with van der Waals surface area (Å²) in [4.78, 5) is 35.6. The molecule has 3 amide bonds. The Morgan fingerprint density at radius 3 is 2.71 bits per heavy atom. The first-order valence-electron chi connectivity index (χ1n) is 7.08. The molecule has 3 rings (SSSR count). The van der Waals surface area contributed by atoms with Crippen molar-refractivity contribution in [1.82, 2.24) is 10.6 Å². The van der Waals surface area contributed by atoms with E-state index in [1.165, 1.54) is 0 Å². The van der Waals surface area contributed by atoms with Crippen molar-refractivity contribution < 1.29 is 14.4 Å². The number of amides is 3. The molecule has 1 aromatic carbocycles. The van der Waals surface area contributed by atoms with Crippen molar-refractivity contribution in [3.63, 3.8) is 0 Å². The second kappa shape index (κ2) is 4.96. The Bertz CT molecular complexity index is 633. The van der Waals surface area contributed by atoms with Crippen molar-refractivity contribution in [2.24, 2.45) is 5.41 Å². The Kier molecular flexibility index (Phi) is 3.25. The number of rotatable bonds is 3. The van der Waals surface area contributed by atoms with E-state index in [9.17, 15) is 14.4 Å². The van der Waals surface area contributed by atoms with Gasteiger partial charge < -0.3 is 10.6 Å². The van der Waals surface area contributed by atoms with E-state index in [0.29, 0.717) is 23.4 Å². The molecule has 1 aromatic rings. The molecule has 1 atom stereocenters. The second-order valence-corrected chi connectivity index (χ2v) is 5.56. The quantitative estimate of drug-likeness (QED) is 0.721. The summed E-state index contributed by atoms with van der Waals surface area (Å²) in [6, 6.07) is 4.77. The summed E-state index contributed by atoms with van der Waals surface area (Å²) >= 11 is 0. The molecule has 1 unspecified atom stereocenters. The van der Waals surface area contributed by atoms with Crippen LogP contribution in [0.3, 0.4) is 0 Å². The average Bonchev–Trinajstić information content (AvgIpc) is 3.06. The first-order chi connectivity index (χ1) is 10.1. The SMILES string of the molecule is CCC1(C(=O)Nc2ccc3c(c2)C(=O)NC3=O)CCNC1. The first kappa shape index (κ1) is 13.8. The number of nitrogens with one attached hydrogen (secondary N) is 3. The van der Waals surface area contributed by atoms with Crippen LogP contribution in [0.4, 0.5) is 5.69 Å². The molecule has 2 aliphatic rings. The Labute approximate surface area is 122 Å². The number of hydrogen-bond donors (Lipinski definition) is 3. The normalized spacial score (nSPS) is 23.9. The van der Waals surface area contributed by atoms with Crippen LogP contribution in [0.15, 0.2) is 18.2 Å². The van der Waals surface area contributed by atoms with Crippen molar-refractivity contribution in [3.8, 4) is 0 Å². The van der Waals surface area contributed by atoms with Gasteiger partial charge in [0, 0.05) is 12.2 Å². The van der Waals surface area contributed by atoms with Crippen molar-refractivity contribution >= 4 is 23.4 Å². The van der Waals surface area contributed by atoms with E-state index in [-0.39, 0.29) is 5.91 Å². The molecule has 2 heterocycles. The van der Waals surface area contributed by atoms with E-state index in [0.717, 1.165) is 19.4 Å². The molecular weight excluding hydrogens is 270 g/mol. The number of carbonyl (C=O) groups is 3. The van der Waals surface area contributed by atoms with Gasteiger partial charge in [-0.2, -0.15) is 0 Å². The average molecular weight is 287 g/mol. The molecule has 0 spiro atoms. The fourth-order valence-electron chi connectivity index (χ4n) is 2.91. The molecule has 0 bridgehead atoms. The topological polar surface area (TPSA) is 87.3 Å². The number of imide groups is 1. The number of carbonyl (C=O) groups excluding carboxylic acids is 3. The minimum absolute atomic E-state index is 0.0420. The fraction of sp³-hybridized carbons (Fsp3) is 0.400. The summed E-state index contributed by atoms with van der Waals surface area (Å²) in [5.41, 5.74) is 0.818. The minimum atomic E-state index is -0.418. The number of anilines is 1. The van der Waals surface area contributed by atoms with Crippen LogP contribution in [0.25, 0.3) is 0 Å². The Morgan fingerprint density at radius 1 is 1.29 bits per heavy atom. The first-order valence-corrected chi connectivity index (χ1v) is 7.08. The summed E-state index contributed by atoms with van der Waals surface area (Å²) < 4.78 is 0. The van der Waals surface area contributed by atoms with Gasteiger partial charge in [0.15, 0.2) is 0 Å². The van der Waals surface area contributed by atoms with Crippen molar-refractivity contribution in [2.45, 2.75) is 19.8 Å². The molecule has 0 radical (unpaired) electrons. The maximum absolute atomic E-state index is 12.5. The Balaban J connectivity index is 1.83. The lowest BCUT2D eigenvalue weighted by atomic mass is 9.83. The predicted octanol–water partition coefficient (Wildman–Crippen LogP) is 0.898. The molecule has 2 aliphatic heterocycles. The van der Waals surface area contributed by atoms with Crippen LogP contribution in [0.1, 0.15) is 40.5 Å². The fourth-order valence-corrected chi connectivity index (χ4v) is 2.91. The van der Waals surface area contributed by atoms with Crippen LogP contribution >= 0.6 is 0 Å². The molecule has 6 nitrogen and oxygen atoms in total. The third kappa shape index (κ3) is 2.21. The molecule has 0 aromatic heterocycles. The van der Waals surface area contributed by atoms with Gasteiger partial charge in [-0.1, -0.05) is 6.92 Å². The van der Waals surface area contributed by atoms with Crippen LogP contribution in [0.2, 0.25) is 0 Å². The highest BCUT2D eigenvalue weighted by Crippen LogP contribution is 2.31. The third-order valence-corrected chi connectivity index (χ3v) is 4.40. The largest absolute Gasteiger partial charge is 0.326 e. The maximum atomic E-state index is 12.5. The standard InChI is InChI=1S/C15H17N3O3/c1-2-15(5-6-16-8-15)14(21)17-9-3-4-10-11(7-9)13(20)18-12(10)19/h3-4,7,16H,2,5-6,8H2,1H3,(H,17,21)(H,18,19,20). The number of fused-ring (bicyclic) bond motifs is 1. The molecular formula is C15H17N3O3. The summed E-state index contributed by atoms with van der Waals surface area (Å²) in [7, 11) is 0. The smallest absolute Gasteiger partial charge is 0.259 e. The van der Waals surface area contributed by atoms with Crippen LogP contribution in [-0.4, -0.2) is 30.8 Å². The zero-order chi connectivity index (χ0) is 15.0. The molecule has 0 aliphatic carbocycles. The summed E-state index contributed by atoms with van der Waals surface area (Å²) in [5.74, 6) is -0.851. The van der Waals surface area contributed by atoms with Gasteiger partial charge in [-0.3, -0.25) is 19.7 Å². The highest BCUT2D eigenvalue weighted by Gasteiger charge is 2.39. The molecule has 3 N–H and O–H groups in total. The lowest BCUT2D eigenvalue weighted by Gasteiger charge is -2.25. The van der Waals surface area contributed by atoms with Crippen molar-refractivity contribution in [2.75, 3.05) is 18.4 Å². The zero-order valence-corrected chi connectivity index (χ0v) is 11.8. The van der Waals surface area contributed by atoms with E-state index in [4.69, 9.17) is 0 Å². The van der Waals surface area contributed by atoms with Gasteiger partial charge in [-0.15, -0.1) is 0 Å². The van der Waals surface area contributed by atoms with Crippen molar-refractivity contribution in [1.29, 1.82) is 0 Å². The van der Waals surface area contributed by atoms with Gasteiger partial charge in [0.05, 0.1) is 16.5 Å². The Hall–Kier alpha value is -2.21.